The Labute approximate surface area is 150 Å². The number of hydrogen-bond donors (Lipinski definition) is 1. The fourth-order valence-electron chi connectivity index (χ4n) is 2.88. The molecule has 0 saturated heterocycles. The molecule has 0 bridgehead atoms. The number of thiophene rings is 1. The van der Waals surface area contributed by atoms with Crippen LogP contribution >= 0.6 is 11.3 Å². The highest BCUT2D eigenvalue weighted by molar-refractivity contribution is 7.10. The predicted octanol–water partition coefficient (Wildman–Crippen LogP) is 3.54. The van der Waals surface area contributed by atoms with E-state index in [1.807, 2.05) is 11.4 Å². The Balaban J connectivity index is 1.55. The topological polar surface area (TPSA) is 79.2 Å². The lowest BCUT2D eigenvalue weighted by Crippen LogP contribution is -2.21. The fourth-order valence-corrected chi connectivity index (χ4v) is 4.12. The molecule has 1 amide bonds. The van der Waals surface area contributed by atoms with Crippen molar-refractivity contribution in [2.24, 2.45) is 5.92 Å². The molecule has 2 aromatic rings. The summed E-state index contributed by atoms with van der Waals surface area (Å²) in [6, 6.07) is 8.50. The van der Waals surface area contributed by atoms with Crippen molar-refractivity contribution < 1.29 is 14.3 Å². The average Bonchev–Trinajstić information content (AvgIpc) is 3.03. The van der Waals surface area contributed by atoms with Gasteiger partial charge in [-0.15, -0.1) is 11.3 Å². The predicted molar refractivity (Wildman–Crippen MR) is 95.6 cm³/mol. The molecule has 0 fully saturated rings. The summed E-state index contributed by atoms with van der Waals surface area (Å²) in [5.41, 5.74) is 2.75. The Bertz CT molecular complexity index is 833. The second-order valence-corrected chi connectivity index (χ2v) is 7.18. The van der Waals surface area contributed by atoms with Gasteiger partial charge in [0.25, 0.3) is 5.91 Å². The van der Waals surface area contributed by atoms with E-state index in [1.54, 1.807) is 35.6 Å². The average molecular weight is 354 g/mol. The van der Waals surface area contributed by atoms with E-state index in [1.165, 1.54) is 4.88 Å². The first kappa shape index (κ1) is 17.2. The molecule has 0 saturated carbocycles. The molecule has 0 unspecified atom stereocenters. The van der Waals surface area contributed by atoms with Gasteiger partial charge in [-0.25, -0.2) is 4.79 Å². The maximum absolute atomic E-state index is 12.3. The van der Waals surface area contributed by atoms with E-state index in [0.29, 0.717) is 22.7 Å². The second-order valence-electron chi connectivity index (χ2n) is 6.21. The zero-order valence-corrected chi connectivity index (χ0v) is 14.7. The molecule has 1 aliphatic rings. The molecule has 1 aromatic carbocycles. The van der Waals surface area contributed by atoms with Gasteiger partial charge in [0.2, 0.25) is 0 Å². The number of nitriles is 1. The first-order chi connectivity index (χ1) is 12.1. The highest BCUT2D eigenvalue weighted by atomic mass is 32.1. The van der Waals surface area contributed by atoms with Crippen LogP contribution in [0.25, 0.3) is 0 Å². The maximum atomic E-state index is 12.3. The van der Waals surface area contributed by atoms with Gasteiger partial charge in [0.15, 0.2) is 6.61 Å². The van der Waals surface area contributed by atoms with Crippen LogP contribution < -0.4 is 5.32 Å². The van der Waals surface area contributed by atoms with Crippen LogP contribution in [0, 0.1) is 17.2 Å². The van der Waals surface area contributed by atoms with Gasteiger partial charge >= 0.3 is 5.97 Å². The van der Waals surface area contributed by atoms with Crippen molar-refractivity contribution in [1.29, 1.82) is 5.26 Å². The number of carbonyl (C=O) groups excluding carboxylic acids is 2. The molecule has 0 aliphatic heterocycles. The molecule has 0 spiro atoms. The summed E-state index contributed by atoms with van der Waals surface area (Å²) in [6.45, 7) is 1.88. The van der Waals surface area contributed by atoms with E-state index in [4.69, 9.17) is 10.00 Å². The molecule has 0 radical (unpaired) electrons. The monoisotopic (exact) mass is 354 g/mol. The molecule has 5 nitrogen and oxygen atoms in total. The lowest BCUT2D eigenvalue weighted by atomic mass is 9.88. The van der Waals surface area contributed by atoms with Crippen molar-refractivity contribution in [3.8, 4) is 6.07 Å². The van der Waals surface area contributed by atoms with Crippen LogP contribution in [0.4, 0.5) is 5.69 Å². The number of benzene rings is 1. The lowest BCUT2D eigenvalue weighted by molar-refractivity contribution is -0.119. The summed E-state index contributed by atoms with van der Waals surface area (Å²) in [5.74, 6) is -0.203. The minimum Gasteiger partial charge on any atom is -0.452 e. The van der Waals surface area contributed by atoms with Gasteiger partial charge in [-0.3, -0.25) is 4.79 Å². The van der Waals surface area contributed by atoms with Crippen molar-refractivity contribution >= 4 is 28.9 Å². The number of nitrogens with zero attached hydrogens (tertiary/aromatic N) is 1. The van der Waals surface area contributed by atoms with Crippen LogP contribution in [-0.2, 0) is 22.4 Å². The minimum atomic E-state index is -0.443. The third-order valence-electron chi connectivity index (χ3n) is 4.25. The first-order valence-corrected chi connectivity index (χ1v) is 9.01. The SMILES string of the molecule is C[C@H]1CCc2c(C(=O)OCC(=O)Nc3ccc(C#N)cc3)csc2C1. The van der Waals surface area contributed by atoms with Crippen LogP contribution in [0.15, 0.2) is 29.6 Å². The van der Waals surface area contributed by atoms with E-state index in [0.717, 1.165) is 24.8 Å². The van der Waals surface area contributed by atoms with Crippen LogP contribution in [0.1, 0.15) is 39.7 Å². The van der Waals surface area contributed by atoms with Crippen molar-refractivity contribution in [3.63, 3.8) is 0 Å². The van der Waals surface area contributed by atoms with Gasteiger partial charge in [-0.05, 0) is 55.0 Å². The van der Waals surface area contributed by atoms with Gasteiger partial charge < -0.3 is 10.1 Å². The normalized spacial score (nSPS) is 15.8. The molecular weight excluding hydrogens is 336 g/mol. The summed E-state index contributed by atoms with van der Waals surface area (Å²) in [5, 5.41) is 13.2. The Kier molecular flexibility index (Phi) is 5.15. The van der Waals surface area contributed by atoms with Gasteiger partial charge in [0.1, 0.15) is 0 Å². The maximum Gasteiger partial charge on any atom is 0.339 e. The quantitative estimate of drug-likeness (QED) is 0.852. The summed E-state index contributed by atoms with van der Waals surface area (Å²) in [7, 11) is 0. The zero-order valence-electron chi connectivity index (χ0n) is 13.9. The Morgan fingerprint density at radius 1 is 1.36 bits per heavy atom. The van der Waals surface area contributed by atoms with E-state index in [-0.39, 0.29) is 6.61 Å². The smallest absolute Gasteiger partial charge is 0.339 e. The number of carbonyl (C=O) groups is 2. The molecule has 25 heavy (non-hydrogen) atoms. The van der Waals surface area contributed by atoms with E-state index < -0.39 is 11.9 Å². The number of nitrogens with one attached hydrogen (secondary N) is 1. The molecular formula is C19H18N2O3S. The van der Waals surface area contributed by atoms with Crippen LogP contribution in [0.3, 0.4) is 0 Å². The number of esters is 1. The molecule has 1 N–H and O–H groups in total. The molecule has 1 aliphatic carbocycles. The highest BCUT2D eigenvalue weighted by Crippen LogP contribution is 2.33. The standard InChI is InChI=1S/C19H18N2O3S/c1-12-2-7-15-16(11-25-17(15)8-12)19(23)24-10-18(22)21-14-5-3-13(9-20)4-6-14/h3-6,11-12H,2,7-8,10H2,1H3,(H,21,22)/t12-/m0/s1. The minimum absolute atomic E-state index is 0.333. The second kappa shape index (κ2) is 7.49. The van der Waals surface area contributed by atoms with E-state index in [9.17, 15) is 9.59 Å². The number of rotatable bonds is 4. The van der Waals surface area contributed by atoms with Crippen molar-refractivity contribution in [1.82, 2.24) is 0 Å². The van der Waals surface area contributed by atoms with Gasteiger partial charge in [-0.2, -0.15) is 5.26 Å². The third-order valence-corrected chi connectivity index (χ3v) is 5.30. The van der Waals surface area contributed by atoms with Crippen LogP contribution in [0.2, 0.25) is 0 Å². The first-order valence-electron chi connectivity index (χ1n) is 8.13. The fraction of sp³-hybridized carbons (Fsp3) is 0.316. The van der Waals surface area contributed by atoms with Crippen molar-refractivity contribution in [3.05, 3.63) is 51.2 Å². The van der Waals surface area contributed by atoms with Crippen molar-refractivity contribution in [2.75, 3.05) is 11.9 Å². The summed E-state index contributed by atoms with van der Waals surface area (Å²) >= 11 is 1.60. The van der Waals surface area contributed by atoms with E-state index in [2.05, 4.69) is 12.2 Å². The van der Waals surface area contributed by atoms with Crippen LogP contribution in [-0.4, -0.2) is 18.5 Å². The van der Waals surface area contributed by atoms with Crippen molar-refractivity contribution in [2.45, 2.75) is 26.2 Å². The lowest BCUT2D eigenvalue weighted by Gasteiger charge is -2.18. The largest absolute Gasteiger partial charge is 0.452 e. The van der Waals surface area contributed by atoms with E-state index >= 15 is 0 Å². The molecule has 1 atom stereocenters. The molecule has 1 heterocycles. The van der Waals surface area contributed by atoms with Crippen LogP contribution in [0.5, 0.6) is 0 Å². The van der Waals surface area contributed by atoms with Gasteiger partial charge in [0, 0.05) is 15.9 Å². The van der Waals surface area contributed by atoms with Gasteiger partial charge in [-0.1, -0.05) is 6.92 Å². The summed E-state index contributed by atoms with van der Waals surface area (Å²) in [6.07, 6.45) is 2.97. The zero-order chi connectivity index (χ0) is 17.8. The molecule has 128 valence electrons. The Morgan fingerprint density at radius 3 is 2.84 bits per heavy atom. The molecule has 1 aromatic heterocycles. The number of anilines is 1. The number of fused-ring (bicyclic) bond motifs is 1. The molecule has 3 rings (SSSR count). The molecule has 6 heteroatoms. The van der Waals surface area contributed by atoms with Gasteiger partial charge in [0.05, 0.1) is 17.2 Å². The Hall–Kier alpha value is -2.65. The summed E-state index contributed by atoms with van der Waals surface area (Å²) in [4.78, 5) is 25.4. The third kappa shape index (κ3) is 4.06. The Morgan fingerprint density at radius 2 is 2.12 bits per heavy atom. The summed E-state index contributed by atoms with van der Waals surface area (Å²) < 4.78 is 5.16. The number of hydrogen-bond acceptors (Lipinski definition) is 5. The number of ether oxygens (including phenoxy) is 1. The number of amides is 1. The highest BCUT2D eigenvalue weighted by Gasteiger charge is 2.24.